The van der Waals surface area contributed by atoms with E-state index in [2.05, 4.69) is 10.3 Å². The minimum absolute atomic E-state index is 0.698. The molecule has 0 saturated heterocycles. The summed E-state index contributed by atoms with van der Waals surface area (Å²) in [7, 11) is 0. The topological polar surface area (TPSA) is 50.9 Å². The van der Waals surface area contributed by atoms with E-state index in [9.17, 15) is 0 Å². The number of anilines is 3. The molecule has 0 fully saturated rings. The first-order valence-corrected chi connectivity index (χ1v) is 5.80. The number of pyridine rings is 1. The summed E-state index contributed by atoms with van der Waals surface area (Å²) in [6.07, 6.45) is 1.75. The Labute approximate surface area is 105 Å². The summed E-state index contributed by atoms with van der Waals surface area (Å²) in [5, 5.41) is 4.41. The molecule has 0 amide bonds. The lowest BCUT2D eigenvalue weighted by Crippen LogP contribution is -1.95. The van der Waals surface area contributed by atoms with Crippen molar-refractivity contribution in [3.8, 4) is 0 Å². The van der Waals surface area contributed by atoms with Gasteiger partial charge in [0.2, 0.25) is 0 Å². The van der Waals surface area contributed by atoms with Gasteiger partial charge in [0, 0.05) is 23.0 Å². The second kappa shape index (κ2) is 4.37. The van der Waals surface area contributed by atoms with Crippen molar-refractivity contribution in [1.82, 2.24) is 4.98 Å². The molecule has 18 heavy (non-hydrogen) atoms. The minimum atomic E-state index is 0.698. The molecule has 0 aliphatic carbocycles. The summed E-state index contributed by atoms with van der Waals surface area (Å²) in [6.45, 7) is 0. The van der Waals surface area contributed by atoms with Crippen LogP contribution in [0.25, 0.3) is 10.9 Å². The molecule has 0 atom stereocenters. The molecule has 3 aromatic rings. The molecule has 3 nitrogen and oxygen atoms in total. The van der Waals surface area contributed by atoms with Crippen molar-refractivity contribution in [1.29, 1.82) is 0 Å². The summed E-state index contributed by atoms with van der Waals surface area (Å²) in [6, 6.07) is 17.8. The predicted molar refractivity (Wildman–Crippen MR) is 75.9 cm³/mol. The van der Waals surface area contributed by atoms with Crippen molar-refractivity contribution in [2.24, 2.45) is 0 Å². The van der Waals surface area contributed by atoms with Crippen LogP contribution in [0.15, 0.2) is 60.8 Å². The molecule has 0 unspecified atom stereocenters. The Morgan fingerprint density at radius 3 is 2.56 bits per heavy atom. The van der Waals surface area contributed by atoms with Crippen LogP contribution in [0.2, 0.25) is 0 Å². The zero-order valence-corrected chi connectivity index (χ0v) is 9.80. The van der Waals surface area contributed by atoms with Gasteiger partial charge in [0.05, 0.1) is 11.2 Å². The molecule has 2 aromatic carbocycles. The highest BCUT2D eigenvalue weighted by Gasteiger charge is 2.04. The lowest BCUT2D eigenvalue weighted by Gasteiger charge is -2.10. The van der Waals surface area contributed by atoms with Gasteiger partial charge in [-0.25, -0.2) is 0 Å². The van der Waals surface area contributed by atoms with Crippen LogP contribution in [-0.4, -0.2) is 4.98 Å². The van der Waals surface area contributed by atoms with Crippen LogP contribution in [0.4, 0.5) is 17.1 Å². The maximum absolute atomic E-state index is 5.93. The van der Waals surface area contributed by atoms with E-state index in [-0.39, 0.29) is 0 Å². The molecule has 1 heterocycles. The molecule has 0 bridgehead atoms. The highest BCUT2D eigenvalue weighted by molar-refractivity contribution is 5.99. The molecule has 3 rings (SSSR count). The fraction of sp³-hybridized carbons (Fsp3) is 0. The molecular formula is C15H13N3. The number of nitrogen functional groups attached to an aromatic ring is 1. The van der Waals surface area contributed by atoms with Crippen molar-refractivity contribution in [3.63, 3.8) is 0 Å². The molecule has 0 aliphatic heterocycles. The SMILES string of the molecule is Nc1ccc(Nc2ccccc2)c2cccnc12. The third kappa shape index (κ3) is 1.86. The Bertz CT molecular complexity index is 678. The van der Waals surface area contributed by atoms with E-state index in [4.69, 9.17) is 5.73 Å². The third-order valence-corrected chi connectivity index (χ3v) is 2.85. The number of aromatic nitrogens is 1. The average molecular weight is 235 g/mol. The van der Waals surface area contributed by atoms with E-state index in [1.807, 2.05) is 54.6 Å². The summed E-state index contributed by atoms with van der Waals surface area (Å²) in [4.78, 5) is 4.32. The summed E-state index contributed by atoms with van der Waals surface area (Å²) >= 11 is 0. The second-order valence-electron chi connectivity index (χ2n) is 4.09. The monoisotopic (exact) mass is 235 g/mol. The van der Waals surface area contributed by atoms with Crippen LogP contribution in [0.1, 0.15) is 0 Å². The molecule has 3 heteroatoms. The molecule has 0 saturated carbocycles. The maximum Gasteiger partial charge on any atom is 0.0951 e. The zero-order valence-electron chi connectivity index (χ0n) is 9.80. The zero-order chi connectivity index (χ0) is 12.4. The number of nitrogens with zero attached hydrogens (tertiary/aromatic N) is 1. The number of hydrogen-bond donors (Lipinski definition) is 2. The number of fused-ring (bicyclic) bond motifs is 1. The van der Waals surface area contributed by atoms with Gasteiger partial charge in [-0.05, 0) is 36.4 Å². The smallest absolute Gasteiger partial charge is 0.0951 e. The number of nitrogens with two attached hydrogens (primary N) is 1. The number of nitrogens with one attached hydrogen (secondary N) is 1. The number of benzene rings is 2. The van der Waals surface area contributed by atoms with Crippen molar-refractivity contribution >= 4 is 28.0 Å². The van der Waals surface area contributed by atoms with Gasteiger partial charge in [0.25, 0.3) is 0 Å². The first kappa shape index (κ1) is 10.6. The molecular weight excluding hydrogens is 222 g/mol. The van der Waals surface area contributed by atoms with Crippen LogP contribution in [0, 0.1) is 0 Å². The van der Waals surface area contributed by atoms with Crippen LogP contribution in [-0.2, 0) is 0 Å². The Hall–Kier alpha value is -2.55. The van der Waals surface area contributed by atoms with Crippen LogP contribution in [0.3, 0.4) is 0 Å². The van der Waals surface area contributed by atoms with Crippen molar-refractivity contribution in [2.75, 3.05) is 11.1 Å². The Morgan fingerprint density at radius 1 is 0.889 bits per heavy atom. The van der Waals surface area contributed by atoms with Crippen molar-refractivity contribution < 1.29 is 0 Å². The number of hydrogen-bond acceptors (Lipinski definition) is 3. The molecule has 0 aliphatic rings. The maximum atomic E-state index is 5.93. The number of rotatable bonds is 2. The van der Waals surface area contributed by atoms with Crippen molar-refractivity contribution in [3.05, 3.63) is 60.8 Å². The molecule has 88 valence electrons. The van der Waals surface area contributed by atoms with E-state index >= 15 is 0 Å². The highest BCUT2D eigenvalue weighted by atomic mass is 14.9. The van der Waals surface area contributed by atoms with Gasteiger partial charge in [-0.3, -0.25) is 4.98 Å². The summed E-state index contributed by atoms with van der Waals surface area (Å²) < 4.78 is 0. The Balaban J connectivity index is 2.10. The normalized spacial score (nSPS) is 10.4. The average Bonchev–Trinajstić information content (AvgIpc) is 2.44. The Morgan fingerprint density at radius 2 is 1.72 bits per heavy atom. The highest BCUT2D eigenvalue weighted by Crippen LogP contribution is 2.28. The summed E-state index contributed by atoms with van der Waals surface area (Å²) in [5.74, 6) is 0. The second-order valence-corrected chi connectivity index (χ2v) is 4.09. The van der Waals surface area contributed by atoms with Crippen LogP contribution < -0.4 is 11.1 Å². The molecule has 0 radical (unpaired) electrons. The van der Waals surface area contributed by atoms with Gasteiger partial charge in [-0.2, -0.15) is 0 Å². The van der Waals surface area contributed by atoms with Crippen LogP contribution >= 0.6 is 0 Å². The van der Waals surface area contributed by atoms with Gasteiger partial charge >= 0.3 is 0 Å². The van der Waals surface area contributed by atoms with Gasteiger partial charge < -0.3 is 11.1 Å². The minimum Gasteiger partial charge on any atom is -0.397 e. The van der Waals surface area contributed by atoms with E-state index in [0.717, 1.165) is 22.3 Å². The lowest BCUT2D eigenvalue weighted by molar-refractivity contribution is 1.41. The first-order valence-electron chi connectivity index (χ1n) is 5.80. The van der Waals surface area contributed by atoms with E-state index in [0.29, 0.717) is 5.69 Å². The van der Waals surface area contributed by atoms with E-state index in [1.165, 1.54) is 0 Å². The molecule has 1 aromatic heterocycles. The fourth-order valence-electron chi connectivity index (χ4n) is 1.98. The van der Waals surface area contributed by atoms with Gasteiger partial charge in [0.1, 0.15) is 0 Å². The van der Waals surface area contributed by atoms with Gasteiger partial charge in [-0.1, -0.05) is 18.2 Å². The Kier molecular flexibility index (Phi) is 2.57. The van der Waals surface area contributed by atoms with E-state index < -0.39 is 0 Å². The van der Waals surface area contributed by atoms with E-state index in [1.54, 1.807) is 6.20 Å². The van der Waals surface area contributed by atoms with Gasteiger partial charge in [-0.15, -0.1) is 0 Å². The lowest BCUT2D eigenvalue weighted by atomic mass is 10.1. The first-order chi connectivity index (χ1) is 8.84. The summed E-state index contributed by atoms with van der Waals surface area (Å²) in [5.41, 5.74) is 9.52. The largest absolute Gasteiger partial charge is 0.397 e. The standard InChI is InChI=1S/C15H13N3/c16-13-8-9-14(12-7-4-10-17-15(12)13)18-11-5-2-1-3-6-11/h1-10,18H,16H2. The van der Waals surface area contributed by atoms with Crippen LogP contribution in [0.5, 0.6) is 0 Å². The fourth-order valence-corrected chi connectivity index (χ4v) is 1.98. The predicted octanol–water partition coefficient (Wildman–Crippen LogP) is 3.56. The number of para-hydroxylation sites is 1. The third-order valence-electron chi connectivity index (χ3n) is 2.85. The van der Waals surface area contributed by atoms with Gasteiger partial charge in [0.15, 0.2) is 0 Å². The van der Waals surface area contributed by atoms with Crippen molar-refractivity contribution in [2.45, 2.75) is 0 Å². The quantitative estimate of drug-likeness (QED) is 0.668. The molecule has 0 spiro atoms. The molecule has 3 N–H and O–H groups in total.